The van der Waals surface area contributed by atoms with E-state index in [-0.39, 0.29) is 11.8 Å². The largest absolute Gasteiger partial charge is 0.493 e. The third kappa shape index (κ3) is 4.37. The number of primary amides is 1. The fourth-order valence-electron chi connectivity index (χ4n) is 4.32. The third-order valence-corrected chi connectivity index (χ3v) is 6.06. The number of carbonyl (C=O) groups is 2. The molecule has 0 saturated carbocycles. The van der Waals surface area contributed by atoms with Gasteiger partial charge < -0.3 is 20.1 Å². The minimum Gasteiger partial charge on any atom is -0.493 e. The van der Waals surface area contributed by atoms with Crippen LogP contribution in [0.2, 0.25) is 0 Å². The Morgan fingerprint density at radius 2 is 1.75 bits per heavy atom. The van der Waals surface area contributed by atoms with Gasteiger partial charge in [0.15, 0.2) is 11.5 Å². The molecule has 2 heterocycles. The van der Waals surface area contributed by atoms with E-state index in [4.69, 9.17) is 20.2 Å². The molecule has 0 spiro atoms. The summed E-state index contributed by atoms with van der Waals surface area (Å²) in [7, 11) is 3.16. The summed E-state index contributed by atoms with van der Waals surface area (Å²) in [6, 6.07) is 15.1. The van der Waals surface area contributed by atoms with Gasteiger partial charge in [0.1, 0.15) is 0 Å². The van der Waals surface area contributed by atoms with E-state index in [0.29, 0.717) is 36.6 Å². The predicted octanol–water partition coefficient (Wildman–Crippen LogP) is 3.30. The molecule has 7 heteroatoms. The van der Waals surface area contributed by atoms with E-state index in [1.54, 1.807) is 14.2 Å². The average molecular weight is 434 g/mol. The highest BCUT2D eigenvalue weighted by atomic mass is 16.5. The molecule has 32 heavy (non-hydrogen) atoms. The van der Waals surface area contributed by atoms with Gasteiger partial charge in [0.05, 0.1) is 37.4 Å². The van der Waals surface area contributed by atoms with Crippen molar-refractivity contribution in [3.63, 3.8) is 0 Å². The number of hydrogen-bond acceptors (Lipinski definition) is 5. The summed E-state index contributed by atoms with van der Waals surface area (Å²) in [5.74, 6) is 0.935. The molecular formula is C25H27N3O4. The molecule has 3 aromatic rings. The Hall–Kier alpha value is -3.61. The van der Waals surface area contributed by atoms with Crippen LogP contribution in [0.4, 0.5) is 0 Å². The van der Waals surface area contributed by atoms with Gasteiger partial charge in [0.2, 0.25) is 5.91 Å². The van der Waals surface area contributed by atoms with Crippen LogP contribution in [0.1, 0.15) is 40.4 Å². The zero-order valence-electron chi connectivity index (χ0n) is 18.3. The van der Waals surface area contributed by atoms with Crippen LogP contribution in [0.5, 0.6) is 11.5 Å². The number of aromatic nitrogens is 1. The number of rotatable bonds is 6. The molecule has 2 amide bonds. The van der Waals surface area contributed by atoms with Crippen molar-refractivity contribution in [2.24, 2.45) is 5.73 Å². The Kier molecular flexibility index (Phi) is 6.25. The molecule has 1 fully saturated rings. The first-order chi connectivity index (χ1) is 15.5. The lowest BCUT2D eigenvalue weighted by molar-refractivity contribution is -0.131. The van der Waals surface area contributed by atoms with Gasteiger partial charge in [-0.25, -0.2) is 0 Å². The highest BCUT2D eigenvalue weighted by Crippen LogP contribution is 2.32. The number of hydrogen-bond donors (Lipinski definition) is 1. The third-order valence-electron chi connectivity index (χ3n) is 6.06. The number of benzene rings is 2. The molecule has 0 bridgehead atoms. The van der Waals surface area contributed by atoms with Crippen LogP contribution in [0.3, 0.4) is 0 Å². The summed E-state index contributed by atoms with van der Waals surface area (Å²) >= 11 is 0. The smallest absolute Gasteiger partial charge is 0.250 e. The van der Waals surface area contributed by atoms with Gasteiger partial charge in [-0.1, -0.05) is 24.3 Å². The monoisotopic (exact) mass is 433 g/mol. The lowest BCUT2D eigenvalue weighted by atomic mass is 9.89. The molecule has 166 valence electrons. The van der Waals surface area contributed by atoms with Crippen LogP contribution in [-0.2, 0) is 11.2 Å². The molecule has 7 nitrogen and oxygen atoms in total. The van der Waals surface area contributed by atoms with Crippen molar-refractivity contribution in [3.05, 3.63) is 65.4 Å². The number of nitrogens with zero attached hydrogens (tertiary/aromatic N) is 2. The van der Waals surface area contributed by atoms with Crippen molar-refractivity contribution in [2.75, 3.05) is 27.3 Å². The minimum atomic E-state index is -0.467. The van der Waals surface area contributed by atoms with Crippen molar-refractivity contribution in [1.82, 2.24) is 9.88 Å². The number of piperidine rings is 1. The number of methoxy groups -OCH3 is 2. The van der Waals surface area contributed by atoms with Crippen LogP contribution in [0.25, 0.3) is 10.9 Å². The standard InChI is InChI=1S/C25H27N3O4/c1-31-21-8-7-16(13-22(21)32-2)14-23(29)28-11-9-17(10-12-28)24-19(25(26)30)15-18-5-3-4-6-20(18)27-24/h3-8,13,15,17H,9-12,14H2,1-2H3,(H2,26,30). The zero-order chi connectivity index (χ0) is 22.7. The molecular weight excluding hydrogens is 406 g/mol. The molecule has 0 radical (unpaired) electrons. The van der Waals surface area contributed by atoms with Gasteiger partial charge in [-0.3, -0.25) is 14.6 Å². The first-order valence-corrected chi connectivity index (χ1v) is 10.7. The lowest BCUT2D eigenvalue weighted by Crippen LogP contribution is -2.39. The molecule has 0 atom stereocenters. The second kappa shape index (κ2) is 9.26. The van der Waals surface area contributed by atoms with Gasteiger partial charge in [-0.15, -0.1) is 0 Å². The number of nitrogens with two attached hydrogens (primary N) is 1. The summed E-state index contributed by atoms with van der Waals surface area (Å²) < 4.78 is 10.6. The molecule has 2 aromatic carbocycles. The summed E-state index contributed by atoms with van der Waals surface area (Å²) in [5, 5.41) is 0.896. The van der Waals surface area contributed by atoms with Gasteiger partial charge in [0, 0.05) is 24.4 Å². The number of carbonyl (C=O) groups excluding carboxylic acids is 2. The Bertz CT molecular complexity index is 1150. The Morgan fingerprint density at radius 3 is 2.44 bits per heavy atom. The fraction of sp³-hybridized carbons (Fsp3) is 0.320. The van der Waals surface area contributed by atoms with Gasteiger partial charge in [0.25, 0.3) is 5.91 Å². The molecule has 1 saturated heterocycles. The number of ether oxygens (including phenoxy) is 2. The normalized spacial score (nSPS) is 14.4. The van der Waals surface area contributed by atoms with Crippen LogP contribution >= 0.6 is 0 Å². The zero-order valence-corrected chi connectivity index (χ0v) is 18.3. The van der Waals surface area contributed by atoms with Gasteiger partial charge in [-0.2, -0.15) is 0 Å². The van der Waals surface area contributed by atoms with Crippen LogP contribution in [0, 0.1) is 0 Å². The van der Waals surface area contributed by atoms with E-state index in [9.17, 15) is 9.59 Å². The van der Waals surface area contributed by atoms with Crippen LogP contribution < -0.4 is 15.2 Å². The topological polar surface area (TPSA) is 94.8 Å². The van der Waals surface area contributed by atoms with Crippen molar-refractivity contribution in [2.45, 2.75) is 25.2 Å². The fourth-order valence-corrected chi connectivity index (χ4v) is 4.32. The van der Waals surface area contributed by atoms with E-state index in [0.717, 1.165) is 35.0 Å². The van der Waals surface area contributed by atoms with Crippen molar-refractivity contribution in [1.29, 1.82) is 0 Å². The second-order valence-electron chi connectivity index (χ2n) is 8.00. The van der Waals surface area contributed by atoms with E-state index < -0.39 is 5.91 Å². The predicted molar refractivity (Wildman–Crippen MR) is 122 cm³/mol. The summed E-state index contributed by atoms with van der Waals surface area (Å²) in [4.78, 5) is 31.6. The average Bonchev–Trinajstić information content (AvgIpc) is 2.83. The number of amides is 2. The maximum atomic E-state index is 12.9. The molecule has 4 rings (SSSR count). The Labute approximate surface area is 187 Å². The lowest BCUT2D eigenvalue weighted by Gasteiger charge is -2.32. The van der Waals surface area contributed by atoms with Gasteiger partial charge >= 0.3 is 0 Å². The molecule has 0 aliphatic carbocycles. The Morgan fingerprint density at radius 1 is 1.03 bits per heavy atom. The van der Waals surface area contributed by atoms with E-state index in [1.165, 1.54) is 0 Å². The van der Waals surface area contributed by atoms with Gasteiger partial charge in [-0.05, 0) is 42.7 Å². The van der Waals surface area contributed by atoms with Crippen molar-refractivity contribution < 1.29 is 19.1 Å². The summed E-state index contributed by atoms with van der Waals surface area (Å²) in [6.07, 6.45) is 1.78. The van der Waals surface area contributed by atoms with E-state index >= 15 is 0 Å². The van der Waals surface area contributed by atoms with E-state index in [2.05, 4.69) is 0 Å². The van der Waals surface area contributed by atoms with Crippen molar-refractivity contribution >= 4 is 22.7 Å². The van der Waals surface area contributed by atoms with Crippen molar-refractivity contribution in [3.8, 4) is 11.5 Å². The highest BCUT2D eigenvalue weighted by Gasteiger charge is 2.28. The number of fused-ring (bicyclic) bond motifs is 1. The number of para-hydroxylation sites is 1. The highest BCUT2D eigenvalue weighted by molar-refractivity contribution is 5.97. The summed E-state index contributed by atoms with van der Waals surface area (Å²) in [5.41, 5.74) is 8.59. The molecule has 1 aliphatic heterocycles. The second-order valence-corrected chi connectivity index (χ2v) is 8.00. The summed E-state index contributed by atoms with van der Waals surface area (Å²) in [6.45, 7) is 1.23. The first kappa shape index (κ1) is 21.6. The molecule has 1 aliphatic rings. The van der Waals surface area contributed by atoms with Crippen LogP contribution in [-0.4, -0.2) is 49.0 Å². The van der Waals surface area contributed by atoms with E-state index in [1.807, 2.05) is 53.4 Å². The number of pyridine rings is 1. The van der Waals surface area contributed by atoms with Crippen LogP contribution in [0.15, 0.2) is 48.5 Å². The molecule has 1 aromatic heterocycles. The maximum Gasteiger partial charge on any atom is 0.250 e. The quantitative estimate of drug-likeness (QED) is 0.644. The molecule has 0 unspecified atom stereocenters. The Balaban J connectivity index is 1.46. The maximum absolute atomic E-state index is 12.9. The first-order valence-electron chi connectivity index (χ1n) is 10.7. The minimum absolute atomic E-state index is 0.0669. The number of likely N-dealkylation sites (tertiary alicyclic amines) is 1. The molecule has 2 N–H and O–H groups in total. The SMILES string of the molecule is COc1ccc(CC(=O)N2CCC(c3nc4ccccc4cc3C(N)=O)CC2)cc1OC.